The van der Waals surface area contributed by atoms with Crippen LogP contribution in [0.2, 0.25) is 5.02 Å². The van der Waals surface area contributed by atoms with Crippen LogP contribution >= 0.6 is 11.6 Å². The largest absolute Gasteiger partial charge is 0.489 e. The average molecular weight is 213 g/mol. The van der Waals surface area contributed by atoms with Crippen LogP contribution in [0.4, 0.5) is 0 Å². The number of carbonyl (C=O) groups is 1. The lowest BCUT2D eigenvalue weighted by Gasteiger charge is -2.07. The number of carboxylic acid groups (broad SMARTS) is 1. The predicted molar refractivity (Wildman–Crippen MR) is 52.1 cm³/mol. The third-order valence-electron chi connectivity index (χ3n) is 2.01. The predicted octanol–water partition coefficient (Wildman–Crippen LogP) is 2.58. The van der Waals surface area contributed by atoms with Gasteiger partial charge in [0.2, 0.25) is 0 Å². The quantitative estimate of drug-likeness (QED) is 0.838. The highest BCUT2D eigenvalue weighted by Crippen LogP contribution is 2.33. The molecule has 0 saturated heterocycles. The van der Waals surface area contributed by atoms with Gasteiger partial charge in [-0.3, -0.25) is 0 Å². The van der Waals surface area contributed by atoms with Crippen molar-refractivity contribution in [2.75, 3.05) is 0 Å². The highest BCUT2D eigenvalue weighted by atomic mass is 35.5. The van der Waals surface area contributed by atoms with Gasteiger partial charge >= 0.3 is 5.97 Å². The van der Waals surface area contributed by atoms with E-state index >= 15 is 0 Å². The monoisotopic (exact) mass is 212 g/mol. The van der Waals surface area contributed by atoms with Crippen LogP contribution in [0.25, 0.3) is 0 Å². The van der Waals surface area contributed by atoms with Crippen molar-refractivity contribution >= 4 is 17.6 Å². The molecule has 0 atom stereocenters. The molecule has 0 aromatic heterocycles. The molecule has 0 aliphatic heterocycles. The molecule has 74 valence electrons. The molecule has 0 spiro atoms. The maximum Gasteiger partial charge on any atom is 0.337 e. The number of carboxylic acids is 1. The first-order valence-corrected chi connectivity index (χ1v) is 4.75. The molecule has 1 aromatic rings. The van der Waals surface area contributed by atoms with Gasteiger partial charge in [0.15, 0.2) is 0 Å². The molecule has 0 unspecified atom stereocenters. The first-order chi connectivity index (χ1) is 6.68. The number of benzene rings is 1. The summed E-state index contributed by atoms with van der Waals surface area (Å²) in [4.78, 5) is 10.7. The highest BCUT2D eigenvalue weighted by molar-refractivity contribution is 6.34. The normalized spacial score (nSPS) is 15.2. The van der Waals surface area contributed by atoms with Gasteiger partial charge in [0.05, 0.1) is 16.7 Å². The first-order valence-electron chi connectivity index (χ1n) is 4.37. The van der Waals surface area contributed by atoms with Gasteiger partial charge in [-0.15, -0.1) is 0 Å². The zero-order chi connectivity index (χ0) is 10.1. The minimum absolute atomic E-state index is 0.0878. The van der Waals surface area contributed by atoms with E-state index in [2.05, 4.69) is 0 Å². The maximum absolute atomic E-state index is 10.7. The van der Waals surface area contributed by atoms with Crippen LogP contribution in [0.15, 0.2) is 18.2 Å². The Balaban J connectivity index is 2.30. The lowest BCUT2D eigenvalue weighted by atomic mass is 10.2. The lowest BCUT2D eigenvalue weighted by molar-refractivity contribution is 0.0696. The summed E-state index contributed by atoms with van der Waals surface area (Å²) in [5.74, 6) is -0.565. The van der Waals surface area contributed by atoms with E-state index < -0.39 is 5.97 Å². The Kier molecular flexibility index (Phi) is 2.33. The van der Waals surface area contributed by atoms with Crippen molar-refractivity contribution in [1.82, 2.24) is 0 Å². The first kappa shape index (κ1) is 9.34. The smallest absolute Gasteiger partial charge is 0.337 e. The van der Waals surface area contributed by atoms with Crippen LogP contribution in [-0.4, -0.2) is 17.2 Å². The van der Waals surface area contributed by atoms with Crippen molar-refractivity contribution in [1.29, 1.82) is 0 Å². The second-order valence-electron chi connectivity index (χ2n) is 3.24. The van der Waals surface area contributed by atoms with Crippen LogP contribution < -0.4 is 4.74 Å². The van der Waals surface area contributed by atoms with Crippen molar-refractivity contribution in [2.24, 2.45) is 0 Å². The maximum atomic E-state index is 10.7. The summed E-state index contributed by atoms with van der Waals surface area (Å²) in [5.41, 5.74) is 0.0878. The zero-order valence-corrected chi connectivity index (χ0v) is 8.12. The number of aromatic carboxylic acids is 1. The molecule has 1 aliphatic carbocycles. The van der Waals surface area contributed by atoms with Gasteiger partial charge in [0.1, 0.15) is 5.75 Å². The molecule has 1 fully saturated rings. The second-order valence-corrected chi connectivity index (χ2v) is 3.62. The third-order valence-corrected chi connectivity index (χ3v) is 2.40. The molecule has 14 heavy (non-hydrogen) atoms. The summed E-state index contributed by atoms with van der Waals surface area (Å²) < 4.78 is 5.45. The second kappa shape index (κ2) is 3.50. The lowest BCUT2D eigenvalue weighted by Crippen LogP contribution is -2.01. The molecule has 1 saturated carbocycles. The molecule has 1 N–H and O–H groups in total. The summed E-state index contributed by atoms with van der Waals surface area (Å²) in [5, 5.41) is 8.99. The fraction of sp³-hybridized carbons (Fsp3) is 0.300. The third kappa shape index (κ3) is 1.82. The molecule has 0 bridgehead atoms. The Labute approximate surface area is 86.3 Å². The fourth-order valence-corrected chi connectivity index (χ4v) is 1.38. The number of hydrogen-bond acceptors (Lipinski definition) is 2. The van der Waals surface area contributed by atoms with Gasteiger partial charge in [-0.1, -0.05) is 17.7 Å². The van der Waals surface area contributed by atoms with E-state index in [0.29, 0.717) is 5.75 Å². The van der Waals surface area contributed by atoms with E-state index in [9.17, 15) is 4.79 Å². The van der Waals surface area contributed by atoms with Crippen LogP contribution in [0.3, 0.4) is 0 Å². The van der Waals surface area contributed by atoms with Gasteiger partial charge in [-0.05, 0) is 25.0 Å². The minimum Gasteiger partial charge on any atom is -0.489 e. The van der Waals surface area contributed by atoms with E-state index in [4.69, 9.17) is 21.4 Å². The van der Waals surface area contributed by atoms with Crippen molar-refractivity contribution in [3.8, 4) is 5.75 Å². The topological polar surface area (TPSA) is 46.5 Å². The molecular weight excluding hydrogens is 204 g/mol. The average Bonchev–Trinajstić information content (AvgIpc) is 2.92. The van der Waals surface area contributed by atoms with E-state index in [1.807, 2.05) is 0 Å². The number of halogens is 1. The summed E-state index contributed by atoms with van der Waals surface area (Å²) >= 11 is 5.87. The summed E-state index contributed by atoms with van der Waals surface area (Å²) in [6, 6.07) is 4.78. The van der Waals surface area contributed by atoms with Gasteiger partial charge in [0.25, 0.3) is 0 Å². The van der Waals surface area contributed by atoms with Crippen molar-refractivity contribution in [2.45, 2.75) is 18.9 Å². The molecule has 0 radical (unpaired) electrons. The van der Waals surface area contributed by atoms with Crippen molar-refractivity contribution < 1.29 is 14.6 Å². The molecule has 3 nitrogen and oxygen atoms in total. The Bertz CT molecular complexity index is 372. The zero-order valence-electron chi connectivity index (χ0n) is 7.37. The Morgan fingerprint density at radius 3 is 2.79 bits per heavy atom. The summed E-state index contributed by atoms with van der Waals surface area (Å²) in [6.07, 6.45) is 2.26. The van der Waals surface area contributed by atoms with Crippen molar-refractivity contribution in [3.05, 3.63) is 28.8 Å². The number of rotatable bonds is 3. The molecule has 4 heteroatoms. The van der Waals surface area contributed by atoms with Crippen LogP contribution in [0, 0.1) is 0 Å². The van der Waals surface area contributed by atoms with Crippen LogP contribution in [0.5, 0.6) is 5.75 Å². The van der Waals surface area contributed by atoms with E-state index in [1.54, 1.807) is 12.1 Å². The number of hydrogen-bond donors (Lipinski definition) is 1. The number of ether oxygens (including phenoxy) is 1. The van der Waals surface area contributed by atoms with E-state index in [-0.39, 0.29) is 16.7 Å². The standard InChI is InChI=1S/C10H9ClO3/c11-9-7(10(12)13)2-1-3-8(9)14-6-4-5-6/h1-3,6H,4-5H2,(H,12,13). The van der Waals surface area contributed by atoms with E-state index in [0.717, 1.165) is 12.8 Å². The van der Waals surface area contributed by atoms with E-state index in [1.165, 1.54) is 6.07 Å². The fourth-order valence-electron chi connectivity index (χ4n) is 1.13. The molecule has 1 aromatic carbocycles. The Hall–Kier alpha value is -1.22. The van der Waals surface area contributed by atoms with Crippen LogP contribution in [0.1, 0.15) is 23.2 Å². The summed E-state index contributed by atoms with van der Waals surface area (Å²) in [7, 11) is 0. The molecular formula is C10H9ClO3. The van der Waals surface area contributed by atoms with Gasteiger partial charge in [-0.25, -0.2) is 4.79 Å². The van der Waals surface area contributed by atoms with Crippen molar-refractivity contribution in [3.63, 3.8) is 0 Å². The highest BCUT2D eigenvalue weighted by Gasteiger charge is 2.25. The Morgan fingerprint density at radius 2 is 2.21 bits per heavy atom. The van der Waals surface area contributed by atoms with Gasteiger partial charge in [-0.2, -0.15) is 0 Å². The molecule has 0 heterocycles. The molecule has 0 amide bonds. The van der Waals surface area contributed by atoms with Gasteiger partial charge in [0, 0.05) is 0 Å². The molecule has 2 rings (SSSR count). The molecule has 1 aliphatic rings. The Morgan fingerprint density at radius 1 is 1.50 bits per heavy atom. The van der Waals surface area contributed by atoms with Gasteiger partial charge < -0.3 is 9.84 Å². The van der Waals surface area contributed by atoms with Crippen LogP contribution in [-0.2, 0) is 0 Å². The SMILES string of the molecule is O=C(O)c1cccc(OC2CC2)c1Cl. The minimum atomic E-state index is -1.03. The summed E-state index contributed by atoms with van der Waals surface area (Å²) in [6.45, 7) is 0.